The molecule has 7 aromatic carbocycles. The molecule has 1 aliphatic carbocycles. The van der Waals surface area contributed by atoms with E-state index >= 15 is 4.32 Å². The normalized spacial score (nSPS) is 14.4. The SMILES string of the molecule is CCn1c2c(c3ccccc31)=CC(=c1c3cc(-c4ccccc4C)ccc3c3n1B(F)n1c(c4ccc(-c5ccccc5C(F)(F)F)cc4c1-c1ccc4c(c1)c1ccccc1n4CC)C=3)CC=2. The van der Waals surface area contributed by atoms with Crippen molar-refractivity contribution < 1.29 is 17.5 Å². The monoisotopic (exact) mass is 894 g/mol. The number of aryl methyl sites for hydroxylation is 3. The molecule has 0 bridgehead atoms. The van der Waals surface area contributed by atoms with Gasteiger partial charge in [-0.1, -0.05) is 115 Å². The fraction of sp³-hybridized carbons (Fsp3) is 0.119. The minimum atomic E-state index is -4.57. The number of benzene rings is 7. The molecule has 13 rings (SSSR count). The van der Waals surface area contributed by atoms with Crippen LogP contribution in [0, 0.1) is 6.92 Å². The molecule has 0 N–H and O–H groups in total. The van der Waals surface area contributed by atoms with Crippen molar-refractivity contribution in [1.82, 2.24) is 18.1 Å². The molecule has 4 nitrogen and oxygen atoms in total. The Morgan fingerprint density at radius 2 is 1.15 bits per heavy atom. The smallest absolute Gasteiger partial charge is 0.341 e. The number of para-hydroxylation sites is 2. The Bertz CT molecular complexity index is 4240. The Hall–Kier alpha value is -7.78. The van der Waals surface area contributed by atoms with Crippen LogP contribution in [0.3, 0.4) is 0 Å². The zero-order chi connectivity index (χ0) is 46.2. The number of aromatic nitrogens is 4. The van der Waals surface area contributed by atoms with Gasteiger partial charge in [-0.2, -0.15) is 13.2 Å². The Balaban J connectivity index is 1.15. The highest BCUT2D eigenvalue weighted by molar-refractivity contribution is 6.50. The molecular formula is C59H43BF4N4. The molecule has 5 heterocycles. The summed E-state index contributed by atoms with van der Waals surface area (Å²) in [4.78, 5) is 0. The van der Waals surface area contributed by atoms with Crippen molar-refractivity contribution in [3.05, 3.63) is 190 Å². The summed E-state index contributed by atoms with van der Waals surface area (Å²) in [7, 11) is -1.73. The van der Waals surface area contributed by atoms with E-state index in [1.807, 2.05) is 40.9 Å². The zero-order valence-corrected chi connectivity index (χ0v) is 37.7. The van der Waals surface area contributed by atoms with Gasteiger partial charge in [-0.25, -0.2) is 0 Å². The first-order chi connectivity index (χ1) is 33.1. The fourth-order valence-electron chi connectivity index (χ4n) is 11.7. The number of nitrogens with zero attached hydrogens (tertiary/aromatic N) is 4. The average molecular weight is 895 g/mol. The predicted molar refractivity (Wildman–Crippen MR) is 273 cm³/mol. The van der Waals surface area contributed by atoms with Crippen LogP contribution in [-0.2, 0) is 19.3 Å². The molecule has 0 spiro atoms. The molecule has 0 amide bonds. The van der Waals surface area contributed by atoms with Gasteiger partial charge in [0.05, 0.1) is 5.56 Å². The van der Waals surface area contributed by atoms with Crippen molar-refractivity contribution in [3.8, 4) is 33.5 Å². The van der Waals surface area contributed by atoms with Crippen molar-refractivity contribution in [2.75, 3.05) is 0 Å². The lowest BCUT2D eigenvalue weighted by Crippen LogP contribution is -2.47. The summed E-state index contributed by atoms with van der Waals surface area (Å²) in [6.07, 6.45) is 2.67. The lowest BCUT2D eigenvalue weighted by Gasteiger charge is -2.20. The van der Waals surface area contributed by atoms with E-state index < -0.39 is 19.0 Å². The van der Waals surface area contributed by atoms with Crippen molar-refractivity contribution in [2.45, 2.75) is 46.5 Å². The maximum absolute atomic E-state index is 19.1. The summed E-state index contributed by atoms with van der Waals surface area (Å²) in [6.45, 7) is 8.00. The fourth-order valence-corrected chi connectivity index (χ4v) is 11.7. The molecule has 68 heavy (non-hydrogen) atoms. The van der Waals surface area contributed by atoms with Crippen LogP contribution >= 0.6 is 0 Å². The van der Waals surface area contributed by atoms with Crippen LogP contribution in [0.15, 0.2) is 152 Å². The van der Waals surface area contributed by atoms with E-state index in [4.69, 9.17) is 0 Å². The van der Waals surface area contributed by atoms with Crippen LogP contribution < -0.4 is 21.3 Å². The molecule has 1 aliphatic heterocycles. The number of rotatable bonds is 5. The summed E-state index contributed by atoms with van der Waals surface area (Å²) in [5, 5.41) is 10.4. The minimum absolute atomic E-state index is 0.0764. The average Bonchev–Trinajstić information content (AvgIpc) is 4.08. The maximum atomic E-state index is 19.1. The number of hydrogen-bond acceptors (Lipinski definition) is 0. The van der Waals surface area contributed by atoms with E-state index in [0.717, 1.165) is 106 Å². The first kappa shape index (κ1) is 40.5. The summed E-state index contributed by atoms with van der Waals surface area (Å²) in [5.74, 6) is 0. The van der Waals surface area contributed by atoms with Crippen LogP contribution in [0.5, 0.6) is 0 Å². The van der Waals surface area contributed by atoms with Gasteiger partial charge in [-0.05, 0) is 121 Å². The molecule has 0 saturated heterocycles. The van der Waals surface area contributed by atoms with E-state index in [1.165, 1.54) is 23.0 Å². The number of fused-ring (bicyclic) bond motifs is 12. The van der Waals surface area contributed by atoms with Crippen molar-refractivity contribution in [2.24, 2.45) is 0 Å². The summed E-state index contributed by atoms with van der Waals surface area (Å²) in [5.41, 5.74) is 9.47. The Kier molecular flexibility index (Phi) is 8.85. The second-order valence-corrected chi connectivity index (χ2v) is 18.2. The molecule has 0 fully saturated rings. The maximum Gasteiger partial charge on any atom is 0.597 e. The van der Waals surface area contributed by atoms with Crippen LogP contribution in [0.4, 0.5) is 17.5 Å². The molecular weight excluding hydrogens is 851 g/mol. The Morgan fingerprint density at radius 3 is 1.91 bits per heavy atom. The number of alkyl halides is 3. The van der Waals surface area contributed by atoms with E-state index in [9.17, 15) is 13.2 Å². The van der Waals surface area contributed by atoms with E-state index in [-0.39, 0.29) is 5.56 Å². The molecule has 11 aromatic rings. The third-order valence-corrected chi connectivity index (χ3v) is 14.7. The van der Waals surface area contributed by atoms with Gasteiger partial charge < -0.3 is 18.1 Å². The van der Waals surface area contributed by atoms with Crippen LogP contribution in [-0.4, -0.2) is 25.4 Å². The topological polar surface area (TPSA) is 19.7 Å². The lowest BCUT2D eigenvalue weighted by atomic mass is 9.95. The molecule has 0 atom stereocenters. The second kappa shape index (κ2) is 14.9. The van der Waals surface area contributed by atoms with E-state index in [2.05, 4.69) is 133 Å². The highest BCUT2D eigenvalue weighted by Crippen LogP contribution is 2.43. The number of hydrogen-bond donors (Lipinski definition) is 0. The van der Waals surface area contributed by atoms with Gasteiger partial charge in [0.2, 0.25) is 0 Å². The van der Waals surface area contributed by atoms with Gasteiger partial charge >= 0.3 is 13.4 Å². The summed E-state index contributed by atoms with van der Waals surface area (Å²) >= 11 is 0. The van der Waals surface area contributed by atoms with Gasteiger partial charge in [0.15, 0.2) is 0 Å². The second-order valence-electron chi connectivity index (χ2n) is 18.2. The van der Waals surface area contributed by atoms with Gasteiger partial charge in [0, 0.05) is 100.0 Å². The largest absolute Gasteiger partial charge is 0.597 e. The van der Waals surface area contributed by atoms with Crippen LogP contribution in [0.25, 0.3) is 112 Å². The molecule has 0 saturated carbocycles. The predicted octanol–water partition coefficient (Wildman–Crippen LogP) is 12.3. The van der Waals surface area contributed by atoms with E-state index in [1.54, 1.807) is 16.6 Å². The van der Waals surface area contributed by atoms with Gasteiger partial charge in [-0.15, -0.1) is 0 Å². The van der Waals surface area contributed by atoms with Gasteiger partial charge in [0.25, 0.3) is 0 Å². The Morgan fingerprint density at radius 1 is 0.529 bits per heavy atom. The zero-order valence-electron chi connectivity index (χ0n) is 37.7. The van der Waals surface area contributed by atoms with Crippen molar-refractivity contribution in [3.63, 3.8) is 0 Å². The molecule has 2 aliphatic rings. The van der Waals surface area contributed by atoms with Crippen LogP contribution in [0.1, 0.15) is 37.1 Å². The van der Waals surface area contributed by atoms with Gasteiger partial charge in [-0.3, -0.25) is 4.32 Å². The van der Waals surface area contributed by atoms with E-state index in [0.29, 0.717) is 28.8 Å². The molecule has 330 valence electrons. The lowest BCUT2D eigenvalue weighted by molar-refractivity contribution is -0.137. The number of halogens is 4. The molecule has 4 aromatic heterocycles. The summed E-state index contributed by atoms with van der Waals surface area (Å²) < 4.78 is 71.2. The van der Waals surface area contributed by atoms with Crippen molar-refractivity contribution in [1.29, 1.82) is 0 Å². The first-order valence-electron chi connectivity index (χ1n) is 23.4. The standard InChI is InChI=1S/C59H43BF4N4/c1-4-65-51-20-12-9-17-42(51)46-32-38(24-28-53(46)65)57-48-30-36(40-15-7-6-14-35(40)3)22-26-44(48)55-34-56-45-27-23-37(41-16-8-11-19-50(41)59(61,62)63)31-49(45)58(68(56)60(64)67(55)57)39-25-29-54-47(33-39)43-18-10-13-21-52(43)66(54)5-2/h6-23,25-34H,4-5,24H2,1-3H3. The molecule has 9 heteroatoms. The Labute approximate surface area is 389 Å². The summed E-state index contributed by atoms with van der Waals surface area (Å²) in [6, 6.07) is 49.0. The molecule has 0 unspecified atom stereocenters. The highest BCUT2D eigenvalue weighted by atomic mass is 19.4. The van der Waals surface area contributed by atoms with Crippen molar-refractivity contribution >= 4 is 85.3 Å². The highest BCUT2D eigenvalue weighted by Gasteiger charge is 2.37. The van der Waals surface area contributed by atoms with Crippen LogP contribution in [0.2, 0.25) is 0 Å². The quantitative estimate of drug-likeness (QED) is 0.121. The first-order valence-corrected chi connectivity index (χ1v) is 23.4. The molecule has 0 radical (unpaired) electrons. The third-order valence-electron chi connectivity index (χ3n) is 14.7. The minimum Gasteiger partial charge on any atom is -0.341 e. The van der Waals surface area contributed by atoms with Gasteiger partial charge in [0.1, 0.15) is 0 Å². The third kappa shape index (κ3) is 5.74.